The van der Waals surface area contributed by atoms with Crippen LogP contribution >= 0.6 is 11.6 Å². The second-order valence-corrected chi connectivity index (χ2v) is 6.86. The number of hydrogen-bond donors (Lipinski definition) is 1. The van der Waals surface area contributed by atoms with Crippen LogP contribution in [0.5, 0.6) is 5.75 Å². The molecule has 0 atom stereocenters. The summed E-state index contributed by atoms with van der Waals surface area (Å²) in [5.74, 6) is 1.09. The van der Waals surface area contributed by atoms with Crippen molar-refractivity contribution in [3.05, 3.63) is 28.3 Å². The second-order valence-electron chi connectivity index (χ2n) is 6.42. The monoisotopic (exact) mass is 295 g/mol. The molecule has 20 heavy (non-hydrogen) atoms. The first-order chi connectivity index (χ1) is 9.52. The summed E-state index contributed by atoms with van der Waals surface area (Å²) in [6.45, 7) is 9.78. The lowest BCUT2D eigenvalue weighted by Gasteiger charge is -2.25. The van der Waals surface area contributed by atoms with Gasteiger partial charge in [0.05, 0.1) is 6.61 Å². The van der Waals surface area contributed by atoms with Crippen LogP contribution < -0.4 is 10.1 Å². The molecule has 1 aliphatic rings. The van der Waals surface area contributed by atoms with Crippen molar-refractivity contribution in [2.45, 2.75) is 46.5 Å². The zero-order valence-corrected chi connectivity index (χ0v) is 13.6. The number of ether oxygens (including phenoxy) is 1. The highest BCUT2D eigenvalue weighted by molar-refractivity contribution is 6.30. The van der Waals surface area contributed by atoms with Crippen molar-refractivity contribution in [1.82, 2.24) is 5.32 Å². The first-order valence-corrected chi connectivity index (χ1v) is 8.04. The molecule has 0 aliphatic carbocycles. The van der Waals surface area contributed by atoms with Gasteiger partial charge in [-0.1, -0.05) is 32.4 Å². The molecular formula is C17H26ClNO. The van der Waals surface area contributed by atoms with Gasteiger partial charge in [0.25, 0.3) is 0 Å². The number of halogens is 1. The SMILES string of the molecule is CCNCCC(C)(C)CCc1cc(Cl)cc2c1OCC2. The molecule has 2 nitrogen and oxygen atoms in total. The van der Waals surface area contributed by atoms with Gasteiger partial charge in [-0.25, -0.2) is 0 Å². The molecule has 112 valence electrons. The molecule has 3 heteroatoms. The minimum Gasteiger partial charge on any atom is -0.493 e. The maximum Gasteiger partial charge on any atom is 0.125 e. The average molecular weight is 296 g/mol. The van der Waals surface area contributed by atoms with E-state index >= 15 is 0 Å². The van der Waals surface area contributed by atoms with Gasteiger partial charge in [0, 0.05) is 11.4 Å². The third-order valence-electron chi connectivity index (χ3n) is 4.13. The topological polar surface area (TPSA) is 21.3 Å². The van der Waals surface area contributed by atoms with Crippen molar-refractivity contribution in [3.63, 3.8) is 0 Å². The van der Waals surface area contributed by atoms with E-state index in [4.69, 9.17) is 16.3 Å². The number of aryl methyl sites for hydroxylation is 1. The summed E-state index contributed by atoms with van der Waals surface area (Å²) in [5.41, 5.74) is 2.90. The highest BCUT2D eigenvalue weighted by atomic mass is 35.5. The molecule has 1 aromatic rings. The minimum absolute atomic E-state index is 0.343. The Morgan fingerprint density at radius 1 is 1.30 bits per heavy atom. The number of rotatable bonds is 7. The van der Waals surface area contributed by atoms with Gasteiger partial charge in [-0.05, 0) is 61.0 Å². The predicted octanol–water partition coefficient (Wildman–Crippen LogP) is 4.23. The normalized spacial score (nSPS) is 14.2. The van der Waals surface area contributed by atoms with Gasteiger partial charge in [0.15, 0.2) is 0 Å². The number of benzene rings is 1. The molecule has 2 rings (SSSR count). The molecule has 0 aromatic heterocycles. The number of nitrogens with one attached hydrogen (secondary N) is 1. The van der Waals surface area contributed by atoms with E-state index < -0.39 is 0 Å². The van der Waals surface area contributed by atoms with E-state index in [0.717, 1.165) is 49.7 Å². The summed E-state index contributed by atoms with van der Waals surface area (Å²) in [4.78, 5) is 0. The lowest BCUT2D eigenvalue weighted by atomic mass is 9.83. The van der Waals surface area contributed by atoms with Gasteiger partial charge in [-0.2, -0.15) is 0 Å². The highest BCUT2D eigenvalue weighted by Crippen LogP contribution is 2.36. The summed E-state index contributed by atoms with van der Waals surface area (Å²) in [6, 6.07) is 4.12. The maximum atomic E-state index is 6.22. The van der Waals surface area contributed by atoms with E-state index in [-0.39, 0.29) is 0 Å². The fourth-order valence-corrected chi connectivity index (χ4v) is 3.00. The summed E-state index contributed by atoms with van der Waals surface area (Å²) in [6.07, 6.45) is 4.40. The van der Waals surface area contributed by atoms with Gasteiger partial charge in [-0.15, -0.1) is 0 Å². The fraction of sp³-hybridized carbons (Fsp3) is 0.647. The first-order valence-electron chi connectivity index (χ1n) is 7.66. The Morgan fingerprint density at radius 2 is 2.10 bits per heavy atom. The van der Waals surface area contributed by atoms with Crippen LogP contribution in [0.2, 0.25) is 5.02 Å². The van der Waals surface area contributed by atoms with Crippen LogP contribution in [0.25, 0.3) is 0 Å². The van der Waals surface area contributed by atoms with E-state index in [0.29, 0.717) is 5.41 Å². The van der Waals surface area contributed by atoms with E-state index in [9.17, 15) is 0 Å². The molecule has 1 heterocycles. The average Bonchev–Trinajstić information content (AvgIpc) is 2.84. The minimum atomic E-state index is 0.343. The molecule has 0 radical (unpaired) electrons. The van der Waals surface area contributed by atoms with Crippen LogP contribution in [0.15, 0.2) is 12.1 Å². The van der Waals surface area contributed by atoms with Crippen molar-refractivity contribution in [1.29, 1.82) is 0 Å². The largest absolute Gasteiger partial charge is 0.493 e. The number of hydrogen-bond acceptors (Lipinski definition) is 2. The van der Waals surface area contributed by atoms with Crippen LogP contribution in [-0.2, 0) is 12.8 Å². The van der Waals surface area contributed by atoms with E-state index in [1.807, 2.05) is 6.07 Å². The van der Waals surface area contributed by atoms with Crippen molar-refractivity contribution >= 4 is 11.6 Å². The van der Waals surface area contributed by atoms with Gasteiger partial charge in [0.2, 0.25) is 0 Å². The molecule has 0 amide bonds. The third-order valence-corrected chi connectivity index (χ3v) is 4.34. The van der Waals surface area contributed by atoms with E-state index in [1.165, 1.54) is 17.5 Å². The molecule has 0 fully saturated rings. The third kappa shape index (κ3) is 4.13. The van der Waals surface area contributed by atoms with Crippen molar-refractivity contribution < 1.29 is 4.74 Å². The molecule has 0 saturated carbocycles. The summed E-state index contributed by atoms with van der Waals surface area (Å²) in [7, 11) is 0. The molecule has 1 aromatic carbocycles. The van der Waals surface area contributed by atoms with Crippen molar-refractivity contribution in [2.24, 2.45) is 5.41 Å². The molecule has 1 aliphatic heterocycles. The predicted molar refractivity (Wildman–Crippen MR) is 85.9 cm³/mol. The van der Waals surface area contributed by atoms with Crippen molar-refractivity contribution in [2.75, 3.05) is 19.7 Å². The van der Waals surface area contributed by atoms with Gasteiger partial charge in [-0.3, -0.25) is 0 Å². The summed E-state index contributed by atoms with van der Waals surface area (Å²) >= 11 is 6.22. The Morgan fingerprint density at radius 3 is 2.85 bits per heavy atom. The Hall–Kier alpha value is -0.730. The van der Waals surface area contributed by atoms with Crippen LogP contribution in [0.1, 0.15) is 44.7 Å². The first kappa shape index (κ1) is 15.7. The highest BCUT2D eigenvalue weighted by Gasteiger charge is 2.21. The van der Waals surface area contributed by atoms with E-state index in [1.54, 1.807) is 0 Å². The van der Waals surface area contributed by atoms with Crippen LogP contribution in [0, 0.1) is 5.41 Å². The van der Waals surface area contributed by atoms with Gasteiger partial charge >= 0.3 is 0 Å². The van der Waals surface area contributed by atoms with Crippen LogP contribution in [-0.4, -0.2) is 19.7 Å². The lowest BCUT2D eigenvalue weighted by molar-refractivity contribution is 0.300. The van der Waals surface area contributed by atoms with Crippen LogP contribution in [0.3, 0.4) is 0 Å². The van der Waals surface area contributed by atoms with Gasteiger partial charge in [0.1, 0.15) is 5.75 Å². The van der Waals surface area contributed by atoms with Crippen LogP contribution in [0.4, 0.5) is 0 Å². The Kier molecular flexibility index (Phi) is 5.34. The van der Waals surface area contributed by atoms with E-state index in [2.05, 4.69) is 32.2 Å². The lowest BCUT2D eigenvalue weighted by Crippen LogP contribution is -2.22. The molecule has 0 saturated heterocycles. The van der Waals surface area contributed by atoms with Crippen molar-refractivity contribution in [3.8, 4) is 5.75 Å². The summed E-state index contributed by atoms with van der Waals surface area (Å²) < 4.78 is 5.78. The number of fused-ring (bicyclic) bond motifs is 1. The molecular weight excluding hydrogens is 270 g/mol. The Labute approximate surface area is 127 Å². The molecule has 0 bridgehead atoms. The maximum absolute atomic E-state index is 6.22. The Bertz CT molecular complexity index is 457. The fourth-order valence-electron chi connectivity index (χ4n) is 2.73. The Balaban J connectivity index is 1.97. The standard InChI is InChI=1S/C17H26ClNO/c1-4-19-9-8-17(2,3)7-5-13-11-15(18)12-14-6-10-20-16(13)14/h11-12,19H,4-10H2,1-3H3. The molecule has 0 spiro atoms. The van der Waals surface area contributed by atoms with Gasteiger partial charge < -0.3 is 10.1 Å². The zero-order chi connectivity index (χ0) is 14.6. The molecule has 1 N–H and O–H groups in total. The molecule has 0 unspecified atom stereocenters. The quantitative estimate of drug-likeness (QED) is 0.760. The second kappa shape index (κ2) is 6.82. The summed E-state index contributed by atoms with van der Waals surface area (Å²) in [5, 5.41) is 4.25. The zero-order valence-electron chi connectivity index (χ0n) is 12.9. The smallest absolute Gasteiger partial charge is 0.125 e.